The van der Waals surface area contributed by atoms with Crippen LogP contribution in [0.15, 0.2) is 57.5 Å². The zero-order valence-corrected chi connectivity index (χ0v) is 23.1. The molecule has 0 saturated carbocycles. The number of hydrogen-bond donors (Lipinski definition) is 2. The van der Waals surface area contributed by atoms with E-state index in [-0.39, 0.29) is 12.3 Å². The molecule has 0 saturated heterocycles. The molecule has 0 aliphatic heterocycles. The Bertz CT molecular complexity index is 1180. The first-order valence-electron chi connectivity index (χ1n) is 10.9. The van der Waals surface area contributed by atoms with E-state index in [0.29, 0.717) is 31.6 Å². The summed E-state index contributed by atoms with van der Waals surface area (Å²) in [5, 5.41) is 20.5. The number of carboxylic acids is 1. The number of aryl methyl sites for hydroxylation is 1. The number of halogens is 2. The van der Waals surface area contributed by atoms with Gasteiger partial charge in [-0.3, -0.25) is 4.79 Å². The molecule has 34 heavy (non-hydrogen) atoms. The van der Waals surface area contributed by atoms with E-state index in [4.69, 9.17) is 9.84 Å². The summed E-state index contributed by atoms with van der Waals surface area (Å²) in [6, 6.07) is 15.2. The van der Waals surface area contributed by atoms with Crippen molar-refractivity contribution in [3.63, 3.8) is 0 Å². The van der Waals surface area contributed by atoms with Gasteiger partial charge in [0.2, 0.25) is 0 Å². The highest BCUT2D eigenvalue weighted by Crippen LogP contribution is 2.42. The Morgan fingerprint density at radius 1 is 1.03 bits per heavy atom. The summed E-state index contributed by atoms with van der Waals surface area (Å²) in [6.07, 6.45) is -0.982. The third-order valence-electron chi connectivity index (χ3n) is 5.64. The molecule has 5 nitrogen and oxygen atoms in total. The van der Waals surface area contributed by atoms with Crippen molar-refractivity contribution in [2.45, 2.75) is 39.2 Å². The van der Waals surface area contributed by atoms with Crippen molar-refractivity contribution in [2.75, 3.05) is 19.0 Å². The maximum absolute atomic E-state index is 11.4. The van der Waals surface area contributed by atoms with Crippen LogP contribution in [0.5, 0.6) is 11.5 Å². The largest absolute Gasteiger partial charge is 0.481 e. The van der Waals surface area contributed by atoms with Crippen LogP contribution in [0.3, 0.4) is 0 Å². The molecule has 3 aromatic carbocycles. The highest BCUT2D eigenvalue weighted by atomic mass is 79.9. The van der Waals surface area contributed by atoms with Crippen LogP contribution in [0.25, 0.3) is 0 Å². The van der Waals surface area contributed by atoms with Crippen molar-refractivity contribution in [1.82, 2.24) is 0 Å². The summed E-state index contributed by atoms with van der Waals surface area (Å²) in [7, 11) is 3.93. The van der Waals surface area contributed by atoms with E-state index in [1.165, 1.54) is 0 Å². The fraction of sp³-hybridized carbons (Fsp3) is 0.296. The Hall–Kier alpha value is -2.35. The van der Waals surface area contributed by atoms with Gasteiger partial charge in [-0.05, 0) is 103 Å². The number of hydrogen-bond acceptors (Lipinski definition) is 4. The molecule has 7 heteroatoms. The van der Waals surface area contributed by atoms with Crippen LogP contribution in [0.2, 0.25) is 0 Å². The average molecular weight is 591 g/mol. The minimum Gasteiger partial charge on any atom is -0.481 e. The Balaban J connectivity index is 2.11. The zero-order valence-electron chi connectivity index (χ0n) is 19.9. The number of nitrogens with zero attached hydrogens (tertiary/aromatic N) is 1. The number of aliphatic carboxylic acids is 1. The van der Waals surface area contributed by atoms with E-state index in [1.54, 1.807) is 12.1 Å². The Morgan fingerprint density at radius 2 is 1.68 bits per heavy atom. The number of carbonyl (C=O) groups is 1. The summed E-state index contributed by atoms with van der Waals surface area (Å²) in [5.41, 5.74) is 5.27. The molecule has 0 amide bonds. The molecule has 3 rings (SSSR count). The van der Waals surface area contributed by atoms with Crippen molar-refractivity contribution in [1.29, 1.82) is 0 Å². The number of anilines is 1. The van der Waals surface area contributed by atoms with Crippen molar-refractivity contribution in [3.05, 3.63) is 85.3 Å². The van der Waals surface area contributed by atoms with Crippen LogP contribution in [-0.2, 0) is 11.2 Å². The maximum atomic E-state index is 11.4. The van der Waals surface area contributed by atoms with Gasteiger partial charge in [-0.2, -0.15) is 0 Å². The van der Waals surface area contributed by atoms with Gasteiger partial charge in [0, 0.05) is 25.3 Å². The van der Waals surface area contributed by atoms with Crippen molar-refractivity contribution in [2.24, 2.45) is 0 Å². The lowest BCUT2D eigenvalue weighted by Gasteiger charge is -2.22. The normalized spacial score (nSPS) is 12.0. The third-order valence-corrected chi connectivity index (χ3v) is 6.82. The van der Waals surface area contributed by atoms with Gasteiger partial charge in [0.05, 0.1) is 15.4 Å². The van der Waals surface area contributed by atoms with E-state index in [2.05, 4.69) is 45.7 Å². The van der Waals surface area contributed by atoms with Crippen LogP contribution in [0.4, 0.5) is 5.69 Å². The first kappa shape index (κ1) is 26.3. The highest BCUT2D eigenvalue weighted by molar-refractivity contribution is 9.11. The summed E-state index contributed by atoms with van der Waals surface area (Å²) in [6.45, 7) is 6.28. The molecule has 1 unspecified atom stereocenters. The number of aliphatic hydroxyl groups excluding tert-OH is 1. The lowest BCUT2D eigenvalue weighted by molar-refractivity contribution is -0.136. The van der Waals surface area contributed by atoms with Gasteiger partial charge in [0.15, 0.2) is 5.75 Å². The molecule has 0 aliphatic rings. The minimum atomic E-state index is -0.905. The van der Waals surface area contributed by atoms with Gasteiger partial charge in [0.25, 0.3) is 0 Å². The molecule has 1 atom stereocenters. The maximum Gasteiger partial charge on any atom is 0.307 e. The van der Waals surface area contributed by atoms with E-state index >= 15 is 0 Å². The van der Waals surface area contributed by atoms with Gasteiger partial charge in [-0.15, -0.1) is 0 Å². The second-order valence-corrected chi connectivity index (χ2v) is 10.6. The smallest absolute Gasteiger partial charge is 0.307 e. The highest BCUT2D eigenvalue weighted by Gasteiger charge is 2.22. The minimum absolute atomic E-state index is 0.0916. The number of carboxylic acid groups (broad SMARTS) is 1. The molecule has 0 radical (unpaired) electrons. The summed E-state index contributed by atoms with van der Waals surface area (Å²) < 4.78 is 7.64. The van der Waals surface area contributed by atoms with Gasteiger partial charge < -0.3 is 19.8 Å². The van der Waals surface area contributed by atoms with E-state index in [0.717, 1.165) is 22.4 Å². The molecule has 0 bridgehead atoms. The van der Waals surface area contributed by atoms with Gasteiger partial charge >= 0.3 is 5.97 Å². The molecular weight excluding hydrogens is 562 g/mol. The van der Waals surface area contributed by atoms with Gasteiger partial charge in [-0.25, -0.2) is 0 Å². The number of ether oxygens (including phenoxy) is 1. The Kier molecular flexibility index (Phi) is 8.44. The SMILES string of the molecule is Cc1cc(C(O)c2cccc(N(C)C)c2)c(Oc2c(Br)cc(CC(=O)O)cc2Br)cc1C(C)C. The summed E-state index contributed by atoms with van der Waals surface area (Å²) in [4.78, 5) is 13.1. The van der Waals surface area contributed by atoms with Gasteiger partial charge in [0.1, 0.15) is 11.9 Å². The predicted molar refractivity (Wildman–Crippen MR) is 143 cm³/mol. The number of rotatable bonds is 8. The second-order valence-electron chi connectivity index (χ2n) is 8.85. The van der Waals surface area contributed by atoms with Gasteiger partial charge in [-0.1, -0.05) is 26.0 Å². The molecule has 2 N–H and O–H groups in total. The zero-order chi connectivity index (χ0) is 25.2. The molecule has 0 aliphatic carbocycles. The van der Waals surface area contributed by atoms with Crippen molar-refractivity contribution < 1.29 is 19.7 Å². The molecule has 0 fully saturated rings. The van der Waals surface area contributed by atoms with Crippen LogP contribution >= 0.6 is 31.9 Å². The lowest BCUT2D eigenvalue weighted by Crippen LogP contribution is -2.10. The summed E-state index contributed by atoms with van der Waals surface area (Å²) >= 11 is 7.05. The topological polar surface area (TPSA) is 70.0 Å². The van der Waals surface area contributed by atoms with E-state index in [1.807, 2.05) is 62.3 Å². The third kappa shape index (κ3) is 6.01. The molecule has 3 aromatic rings. The van der Waals surface area contributed by atoms with Crippen LogP contribution < -0.4 is 9.64 Å². The summed E-state index contributed by atoms with van der Waals surface area (Å²) in [5.74, 6) is 0.431. The van der Waals surface area contributed by atoms with Crippen LogP contribution in [-0.4, -0.2) is 30.3 Å². The molecule has 0 heterocycles. The quantitative estimate of drug-likeness (QED) is 0.290. The van der Waals surface area contributed by atoms with Crippen molar-refractivity contribution >= 4 is 43.5 Å². The van der Waals surface area contributed by atoms with Crippen LogP contribution in [0.1, 0.15) is 53.7 Å². The Morgan fingerprint density at radius 3 is 2.24 bits per heavy atom. The first-order valence-corrected chi connectivity index (χ1v) is 12.5. The van der Waals surface area contributed by atoms with E-state index in [9.17, 15) is 9.90 Å². The first-order chi connectivity index (χ1) is 16.0. The molecule has 180 valence electrons. The van der Waals surface area contributed by atoms with Crippen molar-refractivity contribution in [3.8, 4) is 11.5 Å². The molecular formula is C27H29Br2NO4. The standard InChI is InChI=1S/C27H29Br2NO4/c1-15(2)20-14-24(34-27-22(28)10-17(11-23(27)29)12-25(31)32)21(9-16(20)3)26(33)18-7-6-8-19(13-18)30(4)5/h6-11,13-15,26,33H,12H2,1-5H3,(H,31,32). The second kappa shape index (κ2) is 10.9. The molecule has 0 aromatic heterocycles. The van der Waals surface area contributed by atoms with Crippen LogP contribution in [0, 0.1) is 6.92 Å². The lowest BCUT2D eigenvalue weighted by atomic mass is 9.92. The molecule has 0 spiro atoms. The fourth-order valence-corrected chi connectivity index (χ4v) is 5.34. The average Bonchev–Trinajstić information content (AvgIpc) is 2.75. The van der Waals surface area contributed by atoms with E-state index < -0.39 is 12.1 Å². The Labute approximate surface area is 217 Å². The monoisotopic (exact) mass is 589 g/mol. The fourth-order valence-electron chi connectivity index (χ4n) is 3.90. The predicted octanol–water partition coefficient (Wildman–Crippen LogP) is 7.21. The number of benzene rings is 3. The number of aliphatic hydroxyl groups is 1.